The van der Waals surface area contributed by atoms with E-state index in [1.54, 1.807) is 23.1 Å². The van der Waals surface area contributed by atoms with E-state index in [1.165, 1.54) is 0 Å². The fourth-order valence-electron chi connectivity index (χ4n) is 4.64. The molecule has 1 atom stereocenters. The molecule has 3 aromatic rings. The van der Waals surface area contributed by atoms with Crippen LogP contribution in [-0.2, 0) is 29.0 Å². The van der Waals surface area contributed by atoms with Gasteiger partial charge in [0.1, 0.15) is 6.04 Å². The molecule has 0 aliphatic heterocycles. The molecule has 1 aliphatic carbocycles. The zero-order valence-electron chi connectivity index (χ0n) is 19.9. The summed E-state index contributed by atoms with van der Waals surface area (Å²) < 4.78 is 0.955. The van der Waals surface area contributed by atoms with Crippen molar-refractivity contribution in [3.05, 3.63) is 104 Å². The topological polar surface area (TPSA) is 49.4 Å². The van der Waals surface area contributed by atoms with Gasteiger partial charge in [-0.1, -0.05) is 101 Å². The van der Waals surface area contributed by atoms with Crippen LogP contribution in [0.4, 0.5) is 0 Å². The van der Waals surface area contributed by atoms with Crippen molar-refractivity contribution in [2.24, 2.45) is 0 Å². The van der Waals surface area contributed by atoms with Gasteiger partial charge in [-0.3, -0.25) is 9.59 Å². The number of carbonyl (C=O) groups is 2. The molecule has 0 bridgehead atoms. The standard InChI is InChI=1S/C29H29BrCl2N2O2/c30-23-13-10-21(11-14-23)19-34(28(35)17-22-12-15-24(31)18-26(22)32)27(16-20-6-2-1-3-7-20)29(36)33-25-8-4-5-9-25/h1-3,6-7,10-15,18,25,27H,4-5,8-9,16-17,19H2,(H,33,36)/t27-/m0/s1. The molecule has 0 unspecified atom stereocenters. The van der Waals surface area contributed by atoms with E-state index in [9.17, 15) is 9.59 Å². The lowest BCUT2D eigenvalue weighted by molar-refractivity contribution is -0.141. The van der Waals surface area contributed by atoms with Crippen LogP contribution in [0, 0.1) is 0 Å². The Morgan fingerprint density at radius 1 is 0.944 bits per heavy atom. The Balaban J connectivity index is 1.66. The third kappa shape index (κ3) is 7.34. The predicted molar refractivity (Wildman–Crippen MR) is 149 cm³/mol. The molecule has 1 saturated carbocycles. The molecule has 0 radical (unpaired) electrons. The number of hydrogen-bond donors (Lipinski definition) is 1. The smallest absolute Gasteiger partial charge is 0.243 e. The summed E-state index contributed by atoms with van der Waals surface area (Å²) in [5.74, 6) is -0.275. The summed E-state index contributed by atoms with van der Waals surface area (Å²) in [6.07, 6.45) is 4.69. The fraction of sp³-hybridized carbons (Fsp3) is 0.310. The van der Waals surface area contributed by atoms with Crippen LogP contribution in [0.5, 0.6) is 0 Å². The lowest BCUT2D eigenvalue weighted by Crippen LogP contribution is -2.52. The second-order valence-corrected chi connectivity index (χ2v) is 11.0. The van der Waals surface area contributed by atoms with Crippen molar-refractivity contribution < 1.29 is 9.59 Å². The van der Waals surface area contributed by atoms with Crippen LogP contribution in [-0.4, -0.2) is 28.8 Å². The van der Waals surface area contributed by atoms with Gasteiger partial charge in [-0.15, -0.1) is 0 Å². The number of nitrogens with one attached hydrogen (secondary N) is 1. The molecule has 1 N–H and O–H groups in total. The molecule has 4 nitrogen and oxygen atoms in total. The SMILES string of the molecule is O=C(NC1CCCC1)[C@H](Cc1ccccc1)N(Cc1ccc(Br)cc1)C(=O)Cc1ccc(Cl)cc1Cl. The van der Waals surface area contributed by atoms with E-state index in [2.05, 4.69) is 21.2 Å². The van der Waals surface area contributed by atoms with Crippen molar-refractivity contribution >= 4 is 50.9 Å². The van der Waals surface area contributed by atoms with Crippen molar-refractivity contribution in [1.29, 1.82) is 0 Å². The van der Waals surface area contributed by atoms with Gasteiger partial charge in [-0.2, -0.15) is 0 Å². The molecule has 2 amide bonds. The molecule has 3 aromatic carbocycles. The number of rotatable bonds is 9. The van der Waals surface area contributed by atoms with Crippen LogP contribution in [0.1, 0.15) is 42.4 Å². The maximum absolute atomic E-state index is 13.8. The molecule has 0 aromatic heterocycles. The minimum absolute atomic E-state index is 0.0779. The molecular formula is C29H29BrCl2N2O2. The number of nitrogens with zero attached hydrogens (tertiary/aromatic N) is 1. The first-order valence-corrected chi connectivity index (χ1v) is 13.8. The van der Waals surface area contributed by atoms with E-state index < -0.39 is 6.04 Å². The average Bonchev–Trinajstić information content (AvgIpc) is 3.38. The van der Waals surface area contributed by atoms with E-state index in [-0.39, 0.29) is 24.3 Å². The maximum Gasteiger partial charge on any atom is 0.243 e. The summed E-state index contributed by atoms with van der Waals surface area (Å²) in [6.45, 7) is 0.312. The molecule has 4 rings (SSSR count). The van der Waals surface area contributed by atoms with Gasteiger partial charge < -0.3 is 10.2 Å². The highest BCUT2D eigenvalue weighted by Gasteiger charge is 2.32. The zero-order valence-corrected chi connectivity index (χ0v) is 23.0. The molecule has 36 heavy (non-hydrogen) atoms. The summed E-state index contributed by atoms with van der Waals surface area (Å²) in [5.41, 5.74) is 2.63. The van der Waals surface area contributed by atoms with Gasteiger partial charge in [-0.25, -0.2) is 0 Å². The van der Waals surface area contributed by atoms with Crippen LogP contribution in [0.15, 0.2) is 77.3 Å². The monoisotopic (exact) mass is 586 g/mol. The zero-order chi connectivity index (χ0) is 25.5. The number of amides is 2. The molecule has 188 valence electrons. The van der Waals surface area contributed by atoms with Crippen LogP contribution in [0.3, 0.4) is 0 Å². The Hall–Kier alpha value is -2.34. The second kappa shape index (κ2) is 12.8. The number of benzene rings is 3. The largest absolute Gasteiger partial charge is 0.352 e. The van der Waals surface area contributed by atoms with Crippen LogP contribution < -0.4 is 5.32 Å². The Morgan fingerprint density at radius 3 is 2.31 bits per heavy atom. The summed E-state index contributed by atoms with van der Waals surface area (Å²) in [7, 11) is 0. The van der Waals surface area contributed by atoms with Crippen LogP contribution in [0.25, 0.3) is 0 Å². The predicted octanol–water partition coefficient (Wildman–Crippen LogP) is 7.00. The van der Waals surface area contributed by atoms with Gasteiger partial charge in [0, 0.05) is 33.5 Å². The summed E-state index contributed by atoms with van der Waals surface area (Å²) >= 11 is 15.9. The highest BCUT2D eigenvalue weighted by Crippen LogP contribution is 2.24. The first-order valence-electron chi connectivity index (χ1n) is 12.2. The Kier molecular flexibility index (Phi) is 9.47. The summed E-state index contributed by atoms with van der Waals surface area (Å²) in [6, 6.07) is 22.3. The van der Waals surface area contributed by atoms with Gasteiger partial charge in [0.25, 0.3) is 0 Å². The minimum atomic E-state index is -0.657. The normalized spacial score (nSPS) is 14.4. The van der Waals surface area contributed by atoms with Gasteiger partial charge in [-0.05, 0) is 53.8 Å². The minimum Gasteiger partial charge on any atom is -0.352 e. The van der Waals surface area contributed by atoms with Crippen molar-refractivity contribution in [3.63, 3.8) is 0 Å². The Bertz CT molecular complexity index is 1180. The quantitative estimate of drug-likeness (QED) is 0.293. The summed E-state index contributed by atoms with van der Waals surface area (Å²) in [4.78, 5) is 29.2. The fourth-order valence-corrected chi connectivity index (χ4v) is 5.38. The first kappa shape index (κ1) is 26.7. The highest BCUT2D eigenvalue weighted by molar-refractivity contribution is 9.10. The molecule has 0 spiro atoms. The van der Waals surface area contributed by atoms with Crippen molar-refractivity contribution in [2.75, 3.05) is 0 Å². The Morgan fingerprint density at radius 2 is 1.64 bits per heavy atom. The Labute approximate surface area is 231 Å². The third-order valence-corrected chi connectivity index (χ3v) is 7.71. The molecular weight excluding hydrogens is 559 g/mol. The van der Waals surface area contributed by atoms with Gasteiger partial charge in [0.05, 0.1) is 6.42 Å². The van der Waals surface area contributed by atoms with Crippen LogP contribution >= 0.6 is 39.1 Å². The number of carbonyl (C=O) groups excluding carboxylic acids is 2. The summed E-state index contributed by atoms with van der Waals surface area (Å²) in [5, 5.41) is 4.18. The molecule has 0 heterocycles. The number of halogens is 3. The molecule has 1 aliphatic rings. The molecule has 7 heteroatoms. The van der Waals surface area contributed by atoms with E-state index in [0.29, 0.717) is 28.6 Å². The number of hydrogen-bond acceptors (Lipinski definition) is 2. The lowest BCUT2D eigenvalue weighted by Gasteiger charge is -2.32. The van der Waals surface area contributed by atoms with E-state index in [4.69, 9.17) is 23.2 Å². The van der Waals surface area contributed by atoms with Gasteiger partial charge >= 0.3 is 0 Å². The van der Waals surface area contributed by atoms with Crippen molar-refractivity contribution in [3.8, 4) is 0 Å². The van der Waals surface area contributed by atoms with Gasteiger partial charge in [0.2, 0.25) is 11.8 Å². The molecule has 1 fully saturated rings. The van der Waals surface area contributed by atoms with E-state index >= 15 is 0 Å². The third-order valence-electron chi connectivity index (χ3n) is 6.60. The van der Waals surface area contributed by atoms with E-state index in [1.807, 2.05) is 54.6 Å². The molecule has 0 saturated heterocycles. The van der Waals surface area contributed by atoms with Gasteiger partial charge in [0.15, 0.2) is 0 Å². The van der Waals surface area contributed by atoms with Crippen LogP contribution in [0.2, 0.25) is 10.0 Å². The van der Waals surface area contributed by atoms with Crippen molar-refractivity contribution in [1.82, 2.24) is 10.2 Å². The first-order chi connectivity index (χ1) is 17.4. The average molecular weight is 588 g/mol. The van der Waals surface area contributed by atoms with Crippen molar-refractivity contribution in [2.45, 2.75) is 57.2 Å². The lowest BCUT2D eigenvalue weighted by atomic mass is 10.0. The van der Waals surface area contributed by atoms with E-state index in [0.717, 1.165) is 41.3 Å². The second-order valence-electron chi connectivity index (χ2n) is 9.26. The highest BCUT2D eigenvalue weighted by atomic mass is 79.9. The maximum atomic E-state index is 13.8.